The van der Waals surface area contributed by atoms with Crippen molar-refractivity contribution in [2.24, 2.45) is 11.8 Å². The quantitative estimate of drug-likeness (QED) is 0.690. The third-order valence-corrected chi connectivity index (χ3v) is 4.46. The Hall–Kier alpha value is -0.980. The maximum Gasteiger partial charge on any atom is 0.0424 e. The van der Waals surface area contributed by atoms with E-state index in [9.17, 15) is 0 Å². The SMILES string of the molecule is C/C=C(C)\C=C1/CN(C)C=C1C1CCC(C)CC1. The molecule has 1 heterocycles. The Morgan fingerprint density at radius 1 is 1.28 bits per heavy atom. The van der Waals surface area contributed by atoms with Crippen LogP contribution in [0.3, 0.4) is 0 Å². The molecule has 100 valence electrons. The van der Waals surface area contributed by atoms with E-state index in [0.29, 0.717) is 0 Å². The number of hydrogen-bond donors (Lipinski definition) is 0. The molecule has 0 bridgehead atoms. The molecule has 1 aliphatic heterocycles. The molecule has 0 unspecified atom stereocenters. The zero-order valence-corrected chi connectivity index (χ0v) is 12.4. The molecule has 0 spiro atoms. The topological polar surface area (TPSA) is 3.24 Å². The Morgan fingerprint density at radius 2 is 1.94 bits per heavy atom. The van der Waals surface area contributed by atoms with Crippen molar-refractivity contribution in [3.63, 3.8) is 0 Å². The number of allylic oxidation sites excluding steroid dienone is 3. The summed E-state index contributed by atoms with van der Waals surface area (Å²) >= 11 is 0. The fraction of sp³-hybridized carbons (Fsp3) is 0.647. The Morgan fingerprint density at radius 3 is 2.56 bits per heavy atom. The van der Waals surface area contributed by atoms with Gasteiger partial charge in [-0.15, -0.1) is 0 Å². The van der Waals surface area contributed by atoms with Crippen molar-refractivity contribution in [1.82, 2.24) is 4.90 Å². The molecule has 0 aromatic rings. The van der Waals surface area contributed by atoms with Crippen LogP contribution in [0.15, 0.2) is 35.1 Å². The van der Waals surface area contributed by atoms with Crippen LogP contribution in [0, 0.1) is 11.8 Å². The molecular weight excluding hydrogens is 218 g/mol. The summed E-state index contributed by atoms with van der Waals surface area (Å²) in [4.78, 5) is 2.34. The van der Waals surface area contributed by atoms with E-state index in [1.54, 1.807) is 11.1 Å². The van der Waals surface area contributed by atoms with Crippen molar-refractivity contribution in [1.29, 1.82) is 0 Å². The molecule has 1 aliphatic carbocycles. The minimum atomic E-state index is 0.807. The van der Waals surface area contributed by atoms with Gasteiger partial charge in [-0.1, -0.05) is 37.5 Å². The highest BCUT2D eigenvalue weighted by atomic mass is 15.1. The maximum absolute atomic E-state index is 2.39. The van der Waals surface area contributed by atoms with E-state index in [-0.39, 0.29) is 0 Å². The van der Waals surface area contributed by atoms with Gasteiger partial charge in [0, 0.05) is 19.8 Å². The molecule has 0 aromatic heterocycles. The standard InChI is InChI=1S/C17H27N/c1-5-13(2)10-16-11-18(4)12-17(16)15-8-6-14(3)7-9-15/h5,10,12,14-15H,6-9,11H2,1-4H3/b13-5-,16-10+. The first-order valence-electron chi connectivity index (χ1n) is 7.36. The summed E-state index contributed by atoms with van der Waals surface area (Å²) < 4.78 is 0. The molecule has 2 aliphatic rings. The molecule has 0 atom stereocenters. The molecule has 1 nitrogen and oxygen atoms in total. The van der Waals surface area contributed by atoms with E-state index in [1.807, 2.05) is 0 Å². The van der Waals surface area contributed by atoms with Crippen molar-refractivity contribution in [3.05, 3.63) is 35.1 Å². The van der Waals surface area contributed by atoms with Crippen LogP contribution in [-0.4, -0.2) is 18.5 Å². The van der Waals surface area contributed by atoms with Gasteiger partial charge in [-0.05, 0) is 49.7 Å². The fourth-order valence-corrected chi connectivity index (χ4v) is 3.15. The molecule has 1 fully saturated rings. The van der Waals surface area contributed by atoms with Crippen molar-refractivity contribution < 1.29 is 0 Å². The third kappa shape index (κ3) is 3.07. The number of hydrogen-bond acceptors (Lipinski definition) is 1. The van der Waals surface area contributed by atoms with Gasteiger partial charge >= 0.3 is 0 Å². The summed E-state index contributed by atoms with van der Waals surface area (Å²) in [6, 6.07) is 0. The molecular formula is C17H27N. The smallest absolute Gasteiger partial charge is 0.0424 e. The number of likely N-dealkylation sites (N-methyl/N-ethyl adjacent to an activating group) is 1. The lowest BCUT2D eigenvalue weighted by Gasteiger charge is -2.27. The summed E-state index contributed by atoms with van der Waals surface area (Å²) in [5.74, 6) is 1.74. The maximum atomic E-state index is 2.39. The second-order valence-corrected chi connectivity index (χ2v) is 6.16. The van der Waals surface area contributed by atoms with Crippen LogP contribution in [0.5, 0.6) is 0 Å². The van der Waals surface area contributed by atoms with Crippen LogP contribution in [0.1, 0.15) is 46.5 Å². The van der Waals surface area contributed by atoms with Crippen LogP contribution < -0.4 is 0 Å². The Bertz CT molecular complexity index is 378. The normalized spacial score (nSPS) is 32.0. The van der Waals surface area contributed by atoms with E-state index >= 15 is 0 Å². The second-order valence-electron chi connectivity index (χ2n) is 6.16. The highest BCUT2D eigenvalue weighted by Gasteiger charge is 2.26. The predicted octanol–water partition coefficient (Wildman–Crippen LogP) is 4.53. The van der Waals surface area contributed by atoms with Crippen molar-refractivity contribution in [2.45, 2.75) is 46.5 Å². The van der Waals surface area contributed by atoms with Gasteiger partial charge in [-0.2, -0.15) is 0 Å². The molecule has 0 amide bonds. The predicted molar refractivity (Wildman–Crippen MR) is 79.3 cm³/mol. The minimum Gasteiger partial charge on any atom is -0.376 e. The van der Waals surface area contributed by atoms with Crippen LogP contribution in [0.25, 0.3) is 0 Å². The third-order valence-electron chi connectivity index (χ3n) is 4.46. The van der Waals surface area contributed by atoms with Crippen molar-refractivity contribution in [2.75, 3.05) is 13.6 Å². The van der Waals surface area contributed by atoms with Gasteiger partial charge < -0.3 is 4.90 Å². The van der Waals surface area contributed by atoms with Gasteiger partial charge in [0.05, 0.1) is 0 Å². The highest BCUT2D eigenvalue weighted by molar-refractivity contribution is 5.42. The van der Waals surface area contributed by atoms with E-state index in [0.717, 1.165) is 18.4 Å². The van der Waals surface area contributed by atoms with Crippen LogP contribution in [-0.2, 0) is 0 Å². The molecule has 1 heteroatoms. The molecule has 0 radical (unpaired) electrons. The lowest BCUT2D eigenvalue weighted by molar-refractivity contribution is 0.322. The van der Waals surface area contributed by atoms with Crippen LogP contribution in [0.2, 0.25) is 0 Å². The van der Waals surface area contributed by atoms with Crippen LogP contribution >= 0.6 is 0 Å². The monoisotopic (exact) mass is 245 g/mol. The average Bonchev–Trinajstić information content (AvgIpc) is 2.71. The summed E-state index contributed by atoms with van der Waals surface area (Å²) in [5.41, 5.74) is 4.55. The first-order chi connectivity index (χ1) is 8.60. The van der Waals surface area contributed by atoms with E-state index in [1.165, 1.54) is 31.3 Å². The zero-order chi connectivity index (χ0) is 13.1. The average molecular weight is 245 g/mol. The lowest BCUT2D eigenvalue weighted by atomic mass is 9.78. The Labute approximate surface area is 112 Å². The molecule has 0 aromatic carbocycles. The van der Waals surface area contributed by atoms with Gasteiger partial charge in [0.1, 0.15) is 0 Å². The summed E-state index contributed by atoms with van der Waals surface area (Å²) in [5, 5.41) is 0. The van der Waals surface area contributed by atoms with Gasteiger partial charge in [0.25, 0.3) is 0 Å². The van der Waals surface area contributed by atoms with E-state index in [4.69, 9.17) is 0 Å². The van der Waals surface area contributed by atoms with Gasteiger partial charge in [0.15, 0.2) is 0 Å². The largest absolute Gasteiger partial charge is 0.376 e. The van der Waals surface area contributed by atoms with Gasteiger partial charge in [-0.3, -0.25) is 0 Å². The molecule has 2 rings (SSSR count). The van der Waals surface area contributed by atoms with Crippen molar-refractivity contribution in [3.8, 4) is 0 Å². The van der Waals surface area contributed by atoms with Crippen molar-refractivity contribution >= 4 is 0 Å². The summed E-state index contributed by atoms with van der Waals surface area (Å²) in [7, 11) is 2.19. The van der Waals surface area contributed by atoms with Gasteiger partial charge in [0.2, 0.25) is 0 Å². The summed E-state index contributed by atoms with van der Waals surface area (Å²) in [6.45, 7) is 7.81. The first kappa shape index (κ1) is 13.5. The molecule has 1 saturated carbocycles. The van der Waals surface area contributed by atoms with Gasteiger partial charge in [-0.25, -0.2) is 0 Å². The first-order valence-corrected chi connectivity index (χ1v) is 7.36. The Kier molecular flexibility index (Phi) is 4.31. The molecule has 0 N–H and O–H groups in total. The van der Waals surface area contributed by atoms with E-state index in [2.05, 4.69) is 51.1 Å². The fourth-order valence-electron chi connectivity index (χ4n) is 3.15. The molecule has 0 saturated heterocycles. The number of rotatable bonds is 2. The number of nitrogens with zero attached hydrogens (tertiary/aromatic N) is 1. The molecule has 18 heavy (non-hydrogen) atoms. The van der Waals surface area contributed by atoms with E-state index < -0.39 is 0 Å². The zero-order valence-electron chi connectivity index (χ0n) is 12.4. The Balaban J connectivity index is 2.14. The van der Waals surface area contributed by atoms with Crippen LogP contribution in [0.4, 0.5) is 0 Å². The summed E-state index contributed by atoms with van der Waals surface area (Å²) in [6.07, 6.45) is 12.5. The highest BCUT2D eigenvalue weighted by Crippen LogP contribution is 2.38. The minimum absolute atomic E-state index is 0.807. The second kappa shape index (κ2) is 5.77. The lowest BCUT2D eigenvalue weighted by Crippen LogP contribution is -2.14.